The number of imidazole rings is 1. The zero-order chi connectivity index (χ0) is 15.5. The number of aromatic nitrogens is 7. The van der Waals surface area contributed by atoms with Crippen molar-refractivity contribution in [3.8, 4) is 11.5 Å². The van der Waals surface area contributed by atoms with E-state index in [1.807, 2.05) is 29.1 Å². The molecule has 0 bridgehead atoms. The molecule has 0 aliphatic carbocycles. The highest BCUT2D eigenvalue weighted by molar-refractivity contribution is 5.46. The van der Waals surface area contributed by atoms with Gasteiger partial charge in [0.05, 0.1) is 6.33 Å². The molecule has 0 saturated carbocycles. The molecular weight excluding hydrogens is 294 g/mol. The van der Waals surface area contributed by atoms with Gasteiger partial charge in [0.1, 0.15) is 11.7 Å². The van der Waals surface area contributed by atoms with Gasteiger partial charge < -0.3 is 14.1 Å². The molecule has 0 aromatic carbocycles. The van der Waals surface area contributed by atoms with Crippen LogP contribution in [0.3, 0.4) is 0 Å². The fourth-order valence-electron chi connectivity index (χ4n) is 2.38. The summed E-state index contributed by atoms with van der Waals surface area (Å²) in [5, 5.41) is 11.9. The third kappa shape index (κ3) is 2.73. The van der Waals surface area contributed by atoms with E-state index < -0.39 is 0 Å². The molecule has 8 heteroatoms. The van der Waals surface area contributed by atoms with E-state index >= 15 is 0 Å². The van der Waals surface area contributed by atoms with Crippen molar-refractivity contribution in [2.24, 2.45) is 0 Å². The van der Waals surface area contributed by atoms with Gasteiger partial charge in [0.2, 0.25) is 11.7 Å². The molecule has 4 aromatic rings. The van der Waals surface area contributed by atoms with E-state index in [1.165, 1.54) is 0 Å². The molecule has 1 atom stereocenters. The number of rotatable bonds is 5. The highest BCUT2D eigenvalue weighted by Crippen LogP contribution is 2.23. The van der Waals surface area contributed by atoms with Gasteiger partial charge in [-0.05, 0) is 24.3 Å². The molecule has 0 spiro atoms. The van der Waals surface area contributed by atoms with E-state index in [4.69, 9.17) is 4.52 Å². The van der Waals surface area contributed by atoms with Gasteiger partial charge in [-0.25, -0.2) is 4.98 Å². The molecule has 4 aromatic heterocycles. The summed E-state index contributed by atoms with van der Waals surface area (Å²) < 4.78 is 7.49. The minimum atomic E-state index is -0.122. The second-order valence-electron chi connectivity index (χ2n) is 4.99. The Bertz CT molecular complexity index is 853. The maximum atomic E-state index is 5.47. The number of aromatic amines is 1. The van der Waals surface area contributed by atoms with E-state index in [9.17, 15) is 0 Å². The second kappa shape index (κ2) is 5.84. The van der Waals surface area contributed by atoms with E-state index in [1.54, 1.807) is 30.9 Å². The SMILES string of the molecule is c1cnnc(-c2noc([C@H](Cc3cnc[nH]3)n3cccc3)n2)c1. The van der Waals surface area contributed by atoms with Crippen LogP contribution in [-0.2, 0) is 6.42 Å². The summed E-state index contributed by atoms with van der Waals surface area (Å²) in [6, 6.07) is 7.37. The molecule has 4 heterocycles. The Morgan fingerprint density at radius 2 is 2.13 bits per heavy atom. The third-order valence-corrected chi connectivity index (χ3v) is 3.48. The number of nitrogens with one attached hydrogen (secondary N) is 1. The van der Waals surface area contributed by atoms with Crippen LogP contribution >= 0.6 is 0 Å². The first-order valence-corrected chi connectivity index (χ1v) is 7.11. The highest BCUT2D eigenvalue weighted by Gasteiger charge is 2.22. The Kier molecular flexibility index (Phi) is 3.39. The van der Waals surface area contributed by atoms with Crippen LogP contribution in [0.2, 0.25) is 0 Å². The second-order valence-corrected chi connectivity index (χ2v) is 4.99. The lowest BCUT2D eigenvalue weighted by Crippen LogP contribution is -2.12. The first-order valence-electron chi connectivity index (χ1n) is 7.11. The summed E-state index contributed by atoms with van der Waals surface area (Å²) in [4.78, 5) is 11.6. The van der Waals surface area contributed by atoms with E-state index in [-0.39, 0.29) is 6.04 Å². The van der Waals surface area contributed by atoms with E-state index in [2.05, 4.69) is 30.3 Å². The van der Waals surface area contributed by atoms with Crippen LogP contribution in [0.25, 0.3) is 11.5 Å². The lowest BCUT2D eigenvalue weighted by molar-refractivity contribution is 0.335. The average Bonchev–Trinajstić information content (AvgIpc) is 3.34. The van der Waals surface area contributed by atoms with Gasteiger partial charge in [0.25, 0.3) is 0 Å². The Balaban J connectivity index is 1.68. The molecule has 0 radical (unpaired) electrons. The van der Waals surface area contributed by atoms with Gasteiger partial charge in [-0.1, -0.05) is 5.16 Å². The summed E-state index contributed by atoms with van der Waals surface area (Å²) in [5.41, 5.74) is 1.57. The van der Waals surface area contributed by atoms with Gasteiger partial charge in [0.15, 0.2) is 0 Å². The Morgan fingerprint density at radius 3 is 2.87 bits per heavy atom. The van der Waals surface area contributed by atoms with Gasteiger partial charge in [-0.15, -0.1) is 5.10 Å². The first kappa shape index (κ1) is 13.4. The van der Waals surface area contributed by atoms with Crippen molar-refractivity contribution >= 4 is 0 Å². The van der Waals surface area contributed by atoms with E-state index in [0.29, 0.717) is 23.8 Å². The van der Waals surface area contributed by atoms with Crippen LogP contribution in [0.1, 0.15) is 17.6 Å². The lowest BCUT2D eigenvalue weighted by atomic mass is 10.1. The summed E-state index contributed by atoms with van der Waals surface area (Å²) >= 11 is 0. The van der Waals surface area contributed by atoms with Crippen molar-refractivity contribution in [1.82, 2.24) is 34.9 Å². The summed E-state index contributed by atoms with van der Waals surface area (Å²) in [7, 11) is 0. The quantitative estimate of drug-likeness (QED) is 0.604. The fraction of sp³-hybridized carbons (Fsp3) is 0.133. The summed E-state index contributed by atoms with van der Waals surface area (Å²) in [6.07, 6.45) is 9.64. The molecule has 0 unspecified atom stereocenters. The smallest absolute Gasteiger partial charge is 0.250 e. The van der Waals surface area contributed by atoms with Crippen molar-refractivity contribution in [3.05, 3.63) is 67.0 Å². The molecule has 23 heavy (non-hydrogen) atoms. The monoisotopic (exact) mass is 307 g/mol. The van der Waals surface area contributed by atoms with Crippen LogP contribution in [0, 0.1) is 0 Å². The molecule has 0 aliphatic rings. The standard InChI is InChI=1S/C15H13N7O/c1-2-7-22(6-1)13(8-11-9-16-10-17-11)15-19-14(21-23-15)12-4-3-5-18-20-12/h1-7,9-10,13H,8H2,(H,16,17)/t13-/m0/s1. The van der Waals surface area contributed by atoms with Crippen molar-refractivity contribution in [2.75, 3.05) is 0 Å². The van der Waals surface area contributed by atoms with Crippen molar-refractivity contribution < 1.29 is 4.52 Å². The minimum absolute atomic E-state index is 0.122. The molecule has 8 nitrogen and oxygen atoms in total. The van der Waals surface area contributed by atoms with Crippen molar-refractivity contribution in [2.45, 2.75) is 12.5 Å². The van der Waals surface area contributed by atoms with Gasteiger partial charge >= 0.3 is 0 Å². The maximum absolute atomic E-state index is 5.47. The van der Waals surface area contributed by atoms with Crippen LogP contribution in [0.15, 0.2) is 59.9 Å². The number of hydrogen-bond acceptors (Lipinski definition) is 6. The molecule has 1 N–H and O–H groups in total. The van der Waals surface area contributed by atoms with Crippen LogP contribution in [0.5, 0.6) is 0 Å². The molecule has 4 rings (SSSR count). The van der Waals surface area contributed by atoms with E-state index in [0.717, 1.165) is 5.69 Å². The molecule has 0 fully saturated rings. The molecule has 0 saturated heterocycles. The largest absolute Gasteiger partial charge is 0.348 e. The number of nitrogens with zero attached hydrogens (tertiary/aromatic N) is 6. The minimum Gasteiger partial charge on any atom is -0.348 e. The van der Waals surface area contributed by atoms with Crippen LogP contribution in [0.4, 0.5) is 0 Å². The van der Waals surface area contributed by atoms with Gasteiger partial charge in [0, 0.05) is 36.9 Å². The highest BCUT2D eigenvalue weighted by atomic mass is 16.5. The normalized spacial score (nSPS) is 12.3. The predicted octanol–water partition coefficient (Wildman–Crippen LogP) is 1.88. The summed E-state index contributed by atoms with van der Waals surface area (Å²) in [6.45, 7) is 0. The Hall–Kier alpha value is -3.29. The first-order chi connectivity index (χ1) is 11.4. The topological polar surface area (TPSA) is 98.3 Å². The number of H-pyrrole nitrogens is 1. The predicted molar refractivity (Wildman–Crippen MR) is 80.2 cm³/mol. The van der Waals surface area contributed by atoms with Crippen molar-refractivity contribution in [1.29, 1.82) is 0 Å². The number of hydrogen-bond donors (Lipinski definition) is 1. The average molecular weight is 307 g/mol. The van der Waals surface area contributed by atoms with Crippen LogP contribution in [-0.4, -0.2) is 34.9 Å². The van der Waals surface area contributed by atoms with Crippen molar-refractivity contribution in [3.63, 3.8) is 0 Å². The molecule has 0 aliphatic heterocycles. The zero-order valence-electron chi connectivity index (χ0n) is 12.1. The molecule has 0 amide bonds. The van der Waals surface area contributed by atoms with Crippen LogP contribution < -0.4 is 0 Å². The molecular formula is C15H13N7O. The zero-order valence-corrected chi connectivity index (χ0v) is 12.1. The fourth-order valence-corrected chi connectivity index (χ4v) is 2.38. The maximum Gasteiger partial charge on any atom is 0.250 e. The molecule has 114 valence electrons. The van der Waals surface area contributed by atoms with Gasteiger partial charge in [-0.3, -0.25) is 0 Å². The lowest BCUT2D eigenvalue weighted by Gasteiger charge is -2.13. The third-order valence-electron chi connectivity index (χ3n) is 3.48. The Labute approximate surface area is 131 Å². The Morgan fingerprint density at radius 1 is 1.22 bits per heavy atom. The summed E-state index contributed by atoms with van der Waals surface area (Å²) in [5.74, 6) is 0.936. The van der Waals surface area contributed by atoms with Gasteiger partial charge in [-0.2, -0.15) is 10.1 Å².